The Labute approximate surface area is 138 Å². The largest absolute Gasteiger partial charge is 0.508 e. The second-order valence-electron chi connectivity index (χ2n) is 5.90. The summed E-state index contributed by atoms with van der Waals surface area (Å²) in [5.74, 6) is -1.31. The molecule has 0 spiro atoms. The Morgan fingerprint density at radius 2 is 2.04 bits per heavy atom. The molecule has 1 unspecified atom stereocenters. The number of hydrogen-bond donors (Lipinski definition) is 2. The Morgan fingerprint density at radius 1 is 1.25 bits per heavy atom. The number of anilines is 1. The number of para-hydroxylation sites is 1. The first-order valence-corrected chi connectivity index (χ1v) is 7.79. The molecule has 2 N–H and O–H groups in total. The van der Waals surface area contributed by atoms with Gasteiger partial charge in [0.1, 0.15) is 17.4 Å². The number of nitrogens with one attached hydrogen (secondary N) is 1. The van der Waals surface area contributed by atoms with Crippen molar-refractivity contribution in [3.63, 3.8) is 0 Å². The summed E-state index contributed by atoms with van der Waals surface area (Å²) in [6, 6.07) is 10.1. The molecule has 1 heterocycles. The SMILES string of the molecule is O=C(Cc1ccccc1O)NC1CCN(c2ccc(F)cc2F)C1. The Balaban J connectivity index is 1.58. The topological polar surface area (TPSA) is 52.6 Å². The van der Waals surface area contributed by atoms with Crippen LogP contribution in [0.5, 0.6) is 5.75 Å². The molecule has 0 bridgehead atoms. The van der Waals surface area contributed by atoms with Gasteiger partial charge in [-0.05, 0) is 24.6 Å². The third-order valence-electron chi connectivity index (χ3n) is 4.15. The van der Waals surface area contributed by atoms with Crippen LogP contribution in [0.4, 0.5) is 14.5 Å². The number of carbonyl (C=O) groups excluding carboxylic acids is 1. The van der Waals surface area contributed by atoms with Gasteiger partial charge in [0.15, 0.2) is 0 Å². The quantitative estimate of drug-likeness (QED) is 0.905. The van der Waals surface area contributed by atoms with Gasteiger partial charge in [0, 0.05) is 30.8 Å². The lowest BCUT2D eigenvalue weighted by Gasteiger charge is -2.19. The molecule has 6 heteroatoms. The minimum atomic E-state index is -0.608. The van der Waals surface area contributed by atoms with Gasteiger partial charge >= 0.3 is 0 Å². The van der Waals surface area contributed by atoms with Gasteiger partial charge in [-0.25, -0.2) is 8.78 Å². The third kappa shape index (κ3) is 3.64. The van der Waals surface area contributed by atoms with Crippen LogP contribution in [-0.4, -0.2) is 30.1 Å². The second kappa shape index (κ2) is 6.86. The molecule has 1 amide bonds. The molecule has 0 aliphatic carbocycles. The van der Waals surface area contributed by atoms with E-state index in [2.05, 4.69) is 5.32 Å². The maximum Gasteiger partial charge on any atom is 0.224 e. The van der Waals surface area contributed by atoms with Crippen molar-refractivity contribution in [2.45, 2.75) is 18.9 Å². The molecule has 0 aromatic heterocycles. The molecular formula is C18H18F2N2O2. The molecule has 24 heavy (non-hydrogen) atoms. The number of halogens is 2. The molecular weight excluding hydrogens is 314 g/mol. The van der Waals surface area contributed by atoms with Crippen LogP contribution in [0.2, 0.25) is 0 Å². The van der Waals surface area contributed by atoms with Gasteiger partial charge in [-0.1, -0.05) is 18.2 Å². The number of hydrogen-bond acceptors (Lipinski definition) is 3. The smallest absolute Gasteiger partial charge is 0.224 e. The zero-order valence-electron chi connectivity index (χ0n) is 13.0. The highest BCUT2D eigenvalue weighted by Crippen LogP contribution is 2.24. The van der Waals surface area contributed by atoms with Crippen LogP contribution in [0.1, 0.15) is 12.0 Å². The van der Waals surface area contributed by atoms with E-state index in [1.54, 1.807) is 23.1 Å². The van der Waals surface area contributed by atoms with Crippen molar-refractivity contribution >= 4 is 11.6 Å². The summed E-state index contributed by atoms with van der Waals surface area (Å²) in [4.78, 5) is 13.9. The fraction of sp³-hybridized carbons (Fsp3) is 0.278. The molecule has 1 atom stereocenters. The molecule has 2 aromatic rings. The van der Waals surface area contributed by atoms with Crippen molar-refractivity contribution in [3.8, 4) is 5.75 Å². The zero-order chi connectivity index (χ0) is 17.1. The highest BCUT2D eigenvalue weighted by atomic mass is 19.1. The summed E-state index contributed by atoms with van der Waals surface area (Å²) < 4.78 is 26.8. The molecule has 126 valence electrons. The molecule has 1 aliphatic rings. The first-order chi connectivity index (χ1) is 11.5. The Bertz CT molecular complexity index is 752. The van der Waals surface area contributed by atoms with E-state index in [-0.39, 0.29) is 24.1 Å². The number of phenolic OH excluding ortho intramolecular Hbond substituents is 1. The molecule has 1 aliphatic heterocycles. The average molecular weight is 332 g/mol. The van der Waals surface area contributed by atoms with Crippen LogP contribution >= 0.6 is 0 Å². The molecule has 1 saturated heterocycles. The van der Waals surface area contributed by atoms with E-state index < -0.39 is 11.6 Å². The Kier molecular flexibility index (Phi) is 4.64. The van der Waals surface area contributed by atoms with Gasteiger partial charge < -0.3 is 15.3 Å². The summed E-state index contributed by atoms with van der Waals surface area (Å²) in [5.41, 5.74) is 0.906. The van der Waals surface area contributed by atoms with E-state index in [1.807, 2.05) is 0 Å². The minimum absolute atomic E-state index is 0.0914. The maximum absolute atomic E-state index is 13.8. The van der Waals surface area contributed by atoms with Gasteiger partial charge in [0.25, 0.3) is 0 Å². The summed E-state index contributed by atoms with van der Waals surface area (Å²) in [6.07, 6.45) is 0.775. The van der Waals surface area contributed by atoms with Crippen LogP contribution in [0.25, 0.3) is 0 Å². The number of benzene rings is 2. The van der Waals surface area contributed by atoms with Gasteiger partial charge in [-0.15, -0.1) is 0 Å². The van der Waals surface area contributed by atoms with Crippen molar-refractivity contribution in [2.24, 2.45) is 0 Å². The number of phenols is 1. The maximum atomic E-state index is 13.8. The van der Waals surface area contributed by atoms with E-state index in [0.29, 0.717) is 30.8 Å². The summed E-state index contributed by atoms with van der Waals surface area (Å²) in [7, 11) is 0. The van der Waals surface area contributed by atoms with Crippen LogP contribution < -0.4 is 10.2 Å². The number of nitrogens with zero attached hydrogens (tertiary/aromatic N) is 1. The lowest BCUT2D eigenvalue weighted by atomic mass is 10.1. The van der Waals surface area contributed by atoms with Gasteiger partial charge in [-0.2, -0.15) is 0 Å². The van der Waals surface area contributed by atoms with Gasteiger partial charge in [-0.3, -0.25) is 4.79 Å². The van der Waals surface area contributed by atoms with Gasteiger partial charge in [0.2, 0.25) is 5.91 Å². The number of amides is 1. The lowest BCUT2D eigenvalue weighted by Crippen LogP contribution is -2.38. The van der Waals surface area contributed by atoms with E-state index in [0.717, 1.165) is 6.07 Å². The minimum Gasteiger partial charge on any atom is -0.508 e. The molecule has 1 fully saturated rings. The predicted molar refractivity (Wildman–Crippen MR) is 86.9 cm³/mol. The van der Waals surface area contributed by atoms with Crippen LogP contribution in [0.3, 0.4) is 0 Å². The van der Waals surface area contributed by atoms with Crippen LogP contribution in [0, 0.1) is 11.6 Å². The molecule has 3 rings (SSSR count). The van der Waals surface area contributed by atoms with Crippen molar-refractivity contribution < 1.29 is 18.7 Å². The highest BCUT2D eigenvalue weighted by molar-refractivity contribution is 5.79. The fourth-order valence-corrected chi connectivity index (χ4v) is 2.95. The average Bonchev–Trinajstić information content (AvgIpc) is 2.97. The van der Waals surface area contributed by atoms with Crippen LogP contribution in [0.15, 0.2) is 42.5 Å². The van der Waals surface area contributed by atoms with E-state index >= 15 is 0 Å². The molecule has 0 saturated carbocycles. The van der Waals surface area contributed by atoms with Crippen molar-refractivity contribution in [2.75, 3.05) is 18.0 Å². The second-order valence-corrected chi connectivity index (χ2v) is 5.90. The van der Waals surface area contributed by atoms with Crippen molar-refractivity contribution in [1.82, 2.24) is 5.32 Å². The standard InChI is InChI=1S/C18H18F2N2O2/c19-13-5-6-16(15(20)10-13)22-8-7-14(11-22)21-18(24)9-12-3-1-2-4-17(12)23/h1-6,10,14,23H,7-9,11H2,(H,21,24). The van der Waals surface area contributed by atoms with Gasteiger partial charge in [0.05, 0.1) is 12.1 Å². The molecule has 2 aromatic carbocycles. The fourth-order valence-electron chi connectivity index (χ4n) is 2.95. The normalized spacial score (nSPS) is 17.1. The Morgan fingerprint density at radius 3 is 2.79 bits per heavy atom. The molecule has 0 radical (unpaired) electrons. The zero-order valence-corrected chi connectivity index (χ0v) is 13.0. The first kappa shape index (κ1) is 16.2. The van der Waals surface area contributed by atoms with E-state index in [4.69, 9.17) is 0 Å². The van der Waals surface area contributed by atoms with Crippen molar-refractivity contribution in [3.05, 3.63) is 59.7 Å². The van der Waals surface area contributed by atoms with E-state index in [1.165, 1.54) is 18.2 Å². The predicted octanol–water partition coefficient (Wildman–Crippen LogP) is 2.61. The summed E-state index contributed by atoms with van der Waals surface area (Å²) >= 11 is 0. The van der Waals surface area contributed by atoms with E-state index in [9.17, 15) is 18.7 Å². The summed E-state index contributed by atoms with van der Waals surface area (Å²) in [6.45, 7) is 1.05. The summed E-state index contributed by atoms with van der Waals surface area (Å²) in [5, 5.41) is 12.6. The highest BCUT2D eigenvalue weighted by Gasteiger charge is 2.26. The van der Waals surface area contributed by atoms with Crippen molar-refractivity contribution in [1.29, 1.82) is 0 Å². The number of rotatable bonds is 4. The lowest BCUT2D eigenvalue weighted by molar-refractivity contribution is -0.121. The third-order valence-corrected chi connectivity index (χ3v) is 4.15. The first-order valence-electron chi connectivity index (χ1n) is 7.79. The number of aromatic hydroxyl groups is 1. The van der Waals surface area contributed by atoms with Crippen LogP contribution in [-0.2, 0) is 11.2 Å². The Hall–Kier alpha value is -2.63. The molecule has 4 nitrogen and oxygen atoms in total. The monoisotopic (exact) mass is 332 g/mol. The number of carbonyl (C=O) groups is 1.